The molecule has 0 saturated carbocycles. The minimum Gasteiger partial charge on any atom is -0.387 e. The number of hydrogen-bond donors (Lipinski definition) is 1. The summed E-state index contributed by atoms with van der Waals surface area (Å²) in [4.78, 5) is 18.1. The van der Waals surface area contributed by atoms with E-state index in [9.17, 15) is 4.79 Å². The number of amides is 1. The van der Waals surface area contributed by atoms with Crippen molar-refractivity contribution in [3.63, 3.8) is 0 Å². The summed E-state index contributed by atoms with van der Waals surface area (Å²) in [5.41, 5.74) is 5.42. The van der Waals surface area contributed by atoms with Gasteiger partial charge in [0.05, 0.1) is 0 Å². The highest BCUT2D eigenvalue weighted by Crippen LogP contribution is 2.14. The van der Waals surface area contributed by atoms with Crippen LogP contribution in [0.1, 0.15) is 31.6 Å². The van der Waals surface area contributed by atoms with Crippen LogP contribution in [0.15, 0.2) is 6.33 Å². The fraction of sp³-hybridized carbons (Fsp3) is 0.600. The van der Waals surface area contributed by atoms with Gasteiger partial charge in [-0.05, 0) is 19.8 Å². The molecule has 0 radical (unpaired) electrons. The minimum absolute atomic E-state index is 0.0712. The molecule has 2 heterocycles. The van der Waals surface area contributed by atoms with Gasteiger partial charge in [-0.1, -0.05) is 12.2 Å². The predicted octanol–water partition coefficient (Wildman–Crippen LogP) is 0.0957. The summed E-state index contributed by atoms with van der Waals surface area (Å²) in [5, 5.41) is 4.09. The maximum atomic E-state index is 12.1. The normalized spacial score (nSPS) is 17.1. The fourth-order valence-corrected chi connectivity index (χ4v) is 1.98. The summed E-state index contributed by atoms with van der Waals surface area (Å²) in [6.07, 6.45) is 3.65. The molecule has 1 atom stereocenters. The van der Waals surface area contributed by atoms with Crippen molar-refractivity contribution in [1.82, 2.24) is 19.7 Å². The third kappa shape index (κ3) is 2.44. The third-order valence-corrected chi connectivity index (χ3v) is 3.08. The van der Waals surface area contributed by atoms with Crippen LogP contribution in [0.3, 0.4) is 0 Å². The quantitative estimate of drug-likeness (QED) is 0.773. The number of thiocarbonyl (C=S) groups is 1. The molecule has 2 rings (SSSR count). The molecule has 1 fully saturated rings. The molecule has 7 heteroatoms. The summed E-state index contributed by atoms with van der Waals surface area (Å²) in [5.74, 6) is 0.378. The van der Waals surface area contributed by atoms with E-state index in [0.29, 0.717) is 5.82 Å². The van der Waals surface area contributed by atoms with Crippen LogP contribution in [0.2, 0.25) is 0 Å². The molecule has 2 N–H and O–H groups in total. The lowest BCUT2D eigenvalue weighted by Crippen LogP contribution is -2.34. The molecule has 1 aromatic rings. The van der Waals surface area contributed by atoms with Crippen molar-refractivity contribution in [3.05, 3.63) is 12.2 Å². The molecule has 1 unspecified atom stereocenters. The van der Waals surface area contributed by atoms with Crippen molar-refractivity contribution in [1.29, 1.82) is 0 Å². The Morgan fingerprint density at radius 1 is 1.53 bits per heavy atom. The van der Waals surface area contributed by atoms with Crippen LogP contribution in [0.25, 0.3) is 0 Å². The molecule has 1 aliphatic heterocycles. The van der Waals surface area contributed by atoms with Gasteiger partial charge in [-0.25, -0.2) is 9.67 Å². The van der Waals surface area contributed by atoms with E-state index in [1.54, 1.807) is 6.92 Å². The highest BCUT2D eigenvalue weighted by atomic mass is 32.1. The van der Waals surface area contributed by atoms with Crippen molar-refractivity contribution in [2.24, 2.45) is 5.73 Å². The van der Waals surface area contributed by atoms with Crippen molar-refractivity contribution in [2.75, 3.05) is 13.1 Å². The Kier molecular flexibility index (Phi) is 3.37. The Morgan fingerprint density at radius 3 is 2.71 bits per heavy atom. The Bertz CT molecular complexity index is 438. The van der Waals surface area contributed by atoms with E-state index in [2.05, 4.69) is 10.1 Å². The average Bonchev–Trinajstić information content (AvgIpc) is 2.97. The molecule has 6 nitrogen and oxygen atoms in total. The fourth-order valence-electron chi connectivity index (χ4n) is 1.89. The van der Waals surface area contributed by atoms with Crippen molar-refractivity contribution in [2.45, 2.75) is 25.8 Å². The van der Waals surface area contributed by atoms with E-state index in [1.807, 2.05) is 4.90 Å². The van der Waals surface area contributed by atoms with Gasteiger partial charge in [-0.15, -0.1) is 5.10 Å². The summed E-state index contributed by atoms with van der Waals surface area (Å²) < 4.78 is 1.51. The van der Waals surface area contributed by atoms with Gasteiger partial charge >= 0.3 is 0 Å². The molecule has 0 aromatic carbocycles. The lowest BCUT2D eigenvalue weighted by molar-refractivity contribution is -0.133. The maximum absolute atomic E-state index is 12.1. The van der Waals surface area contributed by atoms with E-state index in [-0.39, 0.29) is 16.9 Å². The van der Waals surface area contributed by atoms with Gasteiger partial charge in [-0.2, -0.15) is 0 Å². The number of hydrogen-bond acceptors (Lipinski definition) is 4. The topological polar surface area (TPSA) is 77.0 Å². The molecule has 0 aliphatic carbocycles. The molecular formula is C10H15N5OS. The van der Waals surface area contributed by atoms with Crippen LogP contribution >= 0.6 is 12.2 Å². The maximum Gasteiger partial charge on any atom is 0.247 e. The average molecular weight is 253 g/mol. The standard InChI is InChI=1S/C10H15N5OS/c1-7(10(16)14-4-2-3-5-14)15-6-12-9(13-15)8(11)17/h6-7H,2-5H2,1H3,(H2,11,17). The van der Waals surface area contributed by atoms with Crippen LogP contribution in [0.5, 0.6) is 0 Å². The molecule has 1 aliphatic rings. The van der Waals surface area contributed by atoms with Gasteiger partial charge in [0, 0.05) is 13.1 Å². The first-order valence-corrected chi connectivity index (χ1v) is 6.00. The Labute approximate surface area is 105 Å². The minimum atomic E-state index is -0.358. The molecule has 0 spiro atoms. The summed E-state index contributed by atoms with van der Waals surface area (Å²) in [7, 11) is 0. The van der Waals surface area contributed by atoms with Crippen LogP contribution in [0, 0.1) is 0 Å². The Morgan fingerprint density at radius 2 is 2.18 bits per heavy atom. The molecule has 17 heavy (non-hydrogen) atoms. The number of carbonyl (C=O) groups excluding carboxylic acids is 1. The molecule has 0 bridgehead atoms. The molecule has 1 saturated heterocycles. The van der Waals surface area contributed by atoms with Gasteiger partial charge < -0.3 is 10.6 Å². The van der Waals surface area contributed by atoms with Crippen LogP contribution in [-0.2, 0) is 4.79 Å². The molecule has 92 valence electrons. The largest absolute Gasteiger partial charge is 0.387 e. The van der Waals surface area contributed by atoms with Gasteiger partial charge in [0.25, 0.3) is 0 Å². The zero-order chi connectivity index (χ0) is 12.4. The number of nitrogens with zero attached hydrogens (tertiary/aromatic N) is 4. The van der Waals surface area contributed by atoms with Crippen molar-refractivity contribution in [3.8, 4) is 0 Å². The van der Waals surface area contributed by atoms with Gasteiger partial charge in [-0.3, -0.25) is 4.79 Å². The molecular weight excluding hydrogens is 238 g/mol. The van der Waals surface area contributed by atoms with E-state index in [0.717, 1.165) is 25.9 Å². The highest BCUT2D eigenvalue weighted by Gasteiger charge is 2.25. The lowest BCUT2D eigenvalue weighted by atomic mass is 10.3. The summed E-state index contributed by atoms with van der Waals surface area (Å²) >= 11 is 4.78. The number of rotatable bonds is 3. The van der Waals surface area contributed by atoms with Crippen molar-refractivity contribution < 1.29 is 4.79 Å². The predicted molar refractivity (Wildman–Crippen MR) is 66.4 cm³/mol. The number of nitrogens with two attached hydrogens (primary N) is 1. The van der Waals surface area contributed by atoms with E-state index < -0.39 is 0 Å². The Hall–Kier alpha value is -1.50. The monoisotopic (exact) mass is 253 g/mol. The van der Waals surface area contributed by atoms with E-state index >= 15 is 0 Å². The second-order valence-corrected chi connectivity index (χ2v) is 4.56. The van der Waals surface area contributed by atoms with E-state index in [4.69, 9.17) is 18.0 Å². The zero-order valence-corrected chi connectivity index (χ0v) is 10.5. The third-order valence-electron chi connectivity index (χ3n) is 2.90. The van der Waals surface area contributed by atoms with Crippen LogP contribution < -0.4 is 5.73 Å². The second-order valence-electron chi connectivity index (χ2n) is 4.12. The van der Waals surface area contributed by atoms with Crippen LogP contribution in [0.4, 0.5) is 0 Å². The summed E-state index contributed by atoms with van der Waals surface area (Å²) in [6, 6.07) is -0.358. The number of likely N-dealkylation sites (tertiary alicyclic amines) is 1. The first-order valence-electron chi connectivity index (χ1n) is 5.59. The van der Waals surface area contributed by atoms with Crippen molar-refractivity contribution >= 4 is 23.1 Å². The molecule has 1 amide bonds. The molecule has 1 aromatic heterocycles. The van der Waals surface area contributed by atoms with Gasteiger partial charge in [0.2, 0.25) is 11.7 Å². The summed E-state index contributed by atoms with van der Waals surface area (Å²) in [6.45, 7) is 3.47. The first kappa shape index (κ1) is 12.0. The van der Waals surface area contributed by atoms with Crippen LogP contribution in [-0.4, -0.2) is 43.6 Å². The Balaban J connectivity index is 2.09. The first-order chi connectivity index (χ1) is 8.09. The van der Waals surface area contributed by atoms with Gasteiger partial charge in [0.1, 0.15) is 17.4 Å². The second kappa shape index (κ2) is 4.79. The van der Waals surface area contributed by atoms with E-state index in [1.165, 1.54) is 11.0 Å². The van der Waals surface area contributed by atoms with Gasteiger partial charge in [0.15, 0.2) is 0 Å². The highest BCUT2D eigenvalue weighted by molar-refractivity contribution is 7.80. The number of carbonyl (C=O) groups is 1. The smallest absolute Gasteiger partial charge is 0.247 e. The SMILES string of the molecule is CC(C(=O)N1CCCC1)n1cnc(C(N)=S)n1. The zero-order valence-electron chi connectivity index (χ0n) is 9.67. The lowest BCUT2D eigenvalue weighted by Gasteiger charge is -2.19. The number of aromatic nitrogens is 3.